The molecule has 0 bridgehead atoms. The Morgan fingerprint density at radius 3 is 2.27 bits per heavy atom. The second-order valence-corrected chi connectivity index (χ2v) is 5.33. The molecular formula is C14H22S. The highest BCUT2D eigenvalue weighted by Crippen LogP contribution is 2.31. The molecule has 0 aromatic heterocycles. The highest BCUT2D eigenvalue weighted by molar-refractivity contribution is 7.80. The van der Waals surface area contributed by atoms with Gasteiger partial charge in [-0.05, 0) is 23.7 Å². The molecule has 1 rings (SSSR count). The fraction of sp³-hybridized carbons (Fsp3) is 0.571. The Kier molecular flexibility index (Phi) is 4.72. The van der Waals surface area contributed by atoms with Crippen LogP contribution in [0.2, 0.25) is 0 Å². The summed E-state index contributed by atoms with van der Waals surface area (Å²) in [5.41, 5.74) is 1.65. The molecule has 0 amide bonds. The predicted octanol–water partition coefficient (Wildman–Crippen LogP) is 4.31. The Bertz CT molecular complexity index is 279. The third-order valence-corrected chi connectivity index (χ3v) is 3.79. The second kappa shape index (κ2) is 5.60. The number of rotatable bonds is 5. The molecule has 0 fully saturated rings. The van der Waals surface area contributed by atoms with E-state index < -0.39 is 0 Å². The van der Waals surface area contributed by atoms with Crippen LogP contribution in [-0.2, 0) is 5.41 Å². The first-order valence-electron chi connectivity index (χ1n) is 5.75. The third kappa shape index (κ3) is 3.57. The minimum absolute atomic E-state index is 0.231. The maximum atomic E-state index is 4.52. The molecule has 0 nitrogen and oxygen atoms in total. The molecule has 0 spiro atoms. The molecule has 15 heavy (non-hydrogen) atoms. The van der Waals surface area contributed by atoms with Crippen LogP contribution in [0.5, 0.6) is 0 Å². The molecule has 0 saturated heterocycles. The quantitative estimate of drug-likeness (QED) is 0.705. The number of thiol groups is 1. The van der Waals surface area contributed by atoms with Crippen molar-refractivity contribution < 1.29 is 0 Å². The molecule has 84 valence electrons. The lowest BCUT2D eigenvalue weighted by Crippen LogP contribution is -2.24. The van der Waals surface area contributed by atoms with Crippen LogP contribution >= 0.6 is 12.6 Å². The van der Waals surface area contributed by atoms with Gasteiger partial charge in [-0.15, -0.1) is 0 Å². The van der Waals surface area contributed by atoms with E-state index in [4.69, 9.17) is 0 Å². The SMILES string of the molecule is CC(C)CCC(C)(CS)c1ccccc1. The zero-order valence-electron chi connectivity index (χ0n) is 10.0. The largest absolute Gasteiger partial charge is 0.178 e. The van der Waals surface area contributed by atoms with E-state index in [2.05, 4.69) is 63.7 Å². The summed E-state index contributed by atoms with van der Waals surface area (Å²) in [4.78, 5) is 0. The minimum atomic E-state index is 0.231. The zero-order valence-corrected chi connectivity index (χ0v) is 10.9. The van der Waals surface area contributed by atoms with Gasteiger partial charge < -0.3 is 0 Å². The smallest absolute Gasteiger partial charge is 0.00129 e. The van der Waals surface area contributed by atoms with Crippen molar-refractivity contribution in [2.75, 3.05) is 5.75 Å². The van der Waals surface area contributed by atoms with Crippen molar-refractivity contribution in [3.05, 3.63) is 35.9 Å². The normalized spacial score (nSPS) is 15.3. The molecule has 1 aromatic rings. The molecule has 0 heterocycles. The molecule has 0 saturated carbocycles. The Labute approximate surface area is 99.5 Å². The van der Waals surface area contributed by atoms with Crippen molar-refractivity contribution in [3.63, 3.8) is 0 Å². The fourth-order valence-electron chi connectivity index (χ4n) is 1.76. The van der Waals surface area contributed by atoms with Gasteiger partial charge >= 0.3 is 0 Å². The minimum Gasteiger partial charge on any atom is -0.178 e. The first-order valence-corrected chi connectivity index (χ1v) is 6.38. The standard InChI is InChI=1S/C14H22S/c1-12(2)9-10-14(3,11-15)13-7-5-4-6-8-13/h4-8,12,15H,9-11H2,1-3H3. The number of hydrogen-bond acceptors (Lipinski definition) is 1. The van der Waals surface area contributed by atoms with Crippen molar-refractivity contribution in [1.29, 1.82) is 0 Å². The lowest BCUT2D eigenvalue weighted by atomic mass is 9.79. The molecule has 0 aliphatic carbocycles. The Morgan fingerprint density at radius 1 is 1.20 bits per heavy atom. The summed E-state index contributed by atoms with van der Waals surface area (Å²) in [7, 11) is 0. The Morgan fingerprint density at radius 2 is 1.80 bits per heavy atom. The number of hydrogen-bond donors (Lipinski definition) is 1. The van der Waals surface area contributed by atoms with E-state index in [0.717, 1.165) is 11.7 Å². The van der Waals surface area contributed by atoms with Gasteiger partial charge in [0, 0.05) is 5.41 Å². The number of benzene rings is 1. The summed E-state index contributed by atoms with van der Waals surface area (Å²) in [6.45, 7) is 6.88. The van der Waals surface area contributed by atoms with E-state index in [-0.39, 0.29) is 5.41 Å². The van der Waals surface area contributed by atoms with Gasteiger partial charge in [0.25, 0.3) is 0 Å². The zero-order chi connectivity index (χ0) is 11.3. The summed E-state index contributed by atoms with van der Waals surface area (Å²) >= 11 is 4.52. The summed E-state index contributed by atoms with van der Waals surface area (Å²) in [6, 6.07) is 10.7. The van der Waals surface area contributed by atoms with Gasteiger partial charge in [0.05, 0.1) is 0 Å². The lowest BCUT2D eigenvalue weighted by Gasteiger charge is -2.29. The van der Waals surface area contributed by atoms with Crippen LogP contribution in [-0.4, -0.2) is 5.75 Å². The van der Waals surface area contributed by atoms with Crippen molar-refractivity contribution in [2.45, 2.75) is 39.0 Å². The van der Waals surface area contributed by atoms with Crippen LogP contribution in [0.4, 0.5) is 0 Å². The first kappa shape index (κ1) is 12.6. The van der Waals surface area contributed by atoms with Crippen molar-refractivity contribution in [3.8, 4) is 0 Å². The Balaban J connectivity index is 2.76. The van der Waals surface area contributed by atoms with Gasteiger partial charge in [-0.1, -0.05) is 57.5 Å². The van der Waals surface area contributed by atoms with Crippen molar-refractivity contribution >= 4 is 12.6 Å². The van der Waals surface area contributed by atoms with E-state index in [9.17, 15) is 0 Å². The first-order chi connectivity index (χ1) is 7.08. The molecule has 0 aliphatic heterocycles. The maximum absolute atomic E-state index is 4.52. The van der Waals surface area contributed by atoms with Crippen LogP contribution in [0, 0.1) is 5.92 Å². The topological polar surface area (TPSA) is 0 Å². The maximum Gasteiger partial charge on any atom is 0.00129 e. The predicted molar refractivity (Wildman–Crippen MR) is 71.7 cm³/mol. The van der Waals surface area contributed by atoms with E-state index in [1.165, 1.54) is 18.4 Å². The second-order valence-electron chi connectivity index (χ2n) is 5.02. The average molecular weight is 222 g/mol. The van der Waals surface area contributed by atoms with E-state index >= 15 is 0 Å². The fourth-order valence-corrected chi connectivity index (χ4v) is 2.10. The van der Waals surface area contributed by atoms with Crippen LogP contribution in [0.25, 0.3) is 0 Å². The van der Waals surface area contributed by atoms with Crippen LogP contribution < -0.4 is 0 Å². The van der Waals surface area contributed by atoms with Crippen molar-refractivity contribution in [2.24, 2.45) is 5.92 Å². The lowest BCUT2D eigenvalue weighted by molar-refractivity contribution is 0.421. The Hall–Kier alpha value is -0.430. The molecular weight excluding hydrogens is 200 g/mol. The summed E-state index contributed by atoms with van der Waals surface area (Å²) in [5.74, 6) is 1.69. The van der Waals surface area contributed by atoms with E-state index in [0.29, 0.717) is 0 Å². The highest BCUT2D eigenvalue weighted by atomic mass is 32.1. The highest BCUT2D eigenvalue weighted by Gasteiger charge is 2.24. The van der Waals surface area contributed by atoms with Gasteiger partial charge in [0.2, 0.25) is 0 Å². The van der Waals surface area contributed by atoms with Gasteiger partial charge in [-0.2, -0.15) is 12.6 Å². The van der Waals surface area contributed by atoms with Crippen LogP contribution in [0.1, 0.15) is 39.2 Å². The summed E-state index contributed by atoms with van der Waals surface area (Å²) in [5, 5.41) is 0. The van der Waals surface area contributed by atoms with Crippen molar-refractivity contribution in [1.82, 2.24) is 0 Å². The monoisotopic (exact) mass is 222 g/mol. The molecule has 0 aliphatic rings. The molecule has 1 heteroatoms. The van der Waals surface area contributed by atoms with Gasteiger partial charge in [-0.3, -0.25) is 0 Å². The summed E-state index contributed by atoms with van der Waals surface area (Å²) < 4.78 is 0. The van der Waals surface area contributed by atoms with E-state index in [1.807, 2.05) is 0 Å². The van der Waals surface area contributed by atoms with Crippen LogP contribution in [0.3, 0.4) is 0 Å². The molecule has 1 aromatic carbocycles. The van der Waals surface area contributed by atoms with E-state index in [1.54, 1.807) is 0 Å². The van der Waals surface area contributed by atoms with Gasteiger partial charge in [0.15, 0.2) is 0 Å². The molecule has 0 N–H and O–H groups in total. The molecule has 1 atom stereocenters. The average Bonchev–Trinajstić information content (AvgIpc) is 2.27. The molecule has 1 unspecified atom stereocenters. The summed E-state index contributed by atoms with van der Waals surface area (Å²) in [6.07, 6.45) is 2.49. The van der Waals surface area contributed by atoms with Gasteiger partial charge in [0.1, 0.15) is 0 Å². The molecule has 0 radical (unpaired) electrons. The van der Waals surface area contributed by atoms with Gasteiger partial charge in [-0.25, -0.2) is 0 Å². The van der Waals surface area contributed by atoms with Crippen LogP contribution in [0.15, 0.2) is 30.3 Å². The third-order valence-electron chi connectivity index (χ3n) is 3.09.